The number of anilines is 2. The Morgan fingerprint density at radius 2 is 1.63 bits per heavy atom. The van der Waals surface area contributed by atoms with Crippen molar-refractivity contribution in [3.8, 4) is 17.4 Å². The highest BCUT2D eigenvalue weighted by Crippen LogP contribution is 2.37. The number of rotatable bonds is 7. The van der Waals surface area contributed by atoms with Gasteiger partial charge in [0.05, 0.1) is 26.8 Å². The molecule has 0 atom stereocenters. The molecule has 35 heavy (non-hydrogen) atoms. The van der Waals surface area contributed by atoms with E-state index in [0.29, 0.717) is 31.4 Å². The van der Waals surface area contributed by atoms with E-state index in [2.05, 4.69) is 9.88 Å². The van der Waals surface area contributed by atoms with Gasteiger partial charge in [-0.15, -0.1) is 0 Å². The van der Waals surface area contributed by atoms with Crippen molar-refractivity contribution < 1.29 is 19.0 Å². The van der Waals surface area contributed by atoms with Crippen LogP contribution in [-0.2, 0) is 0 Å². The summed E-state index contributed by atoms with van der Waals surface area (Å²) in [5.74, 6) is 2.52. The van der Waals surface area contributed by atoms with E-state index in [1.54, 1.807) is 21.3 Å². The van der Waals surface area contributed by atoms with Gasteiger partial charge in [-0.05, 0) is 30.9 Å². The number of urea groups is 1. The second-order valence-corrected chi connectivity index (χ2v) is 9.09. The molecule has 0 spiro atoms. The van der Waals surface area contributed by atoms with E-state index in [9.17, 15) is 4.79 Å². The van der Waals surface area contributed by atoms with Crippen molar-refractivity contribution in [1.82, 2.24) is 9.88 Å². The number of methoxy groups -OCH3 is 3. The standard InChI is InChI=1S/C27H32N4O4/c1-33-22-15-21(16-23(17-22)34-2)29-10-12-30(13-11-29)27(32)31(18-19-8-9-19)25-14-20-6-4-5-7-24(20)28-26(25)35-3/h4-7,14-17,19H,8-13,18H2,1-3H3. The lowest BCUT2D eigenvalue weighted by molar-refractivity contribution is 0.200. The molecule has 8 nitrogen and oxygen atoms in total. The van der Waals surface area contributed by atoms with Gasteiger partial charge in [-0.25, -0.2) is 9.78 Å². The molecular formula is C27H32N4O4. The number of pyridine rings is 1. The van der Waals surface area contributed by atoms with E-state index in [-0.39, 0.29) is 6.03 Å². The minimum Gasteiger partial charge on any atom is -0.497 e. The molecule has 1 saturated heterocycles. The Bertz CT molecular complexity index is 1180. The predicted molar refractivity (Wildman–Crippen MR) is 137 cm³/mol. The van der Waals surface area contributed by atoms with Gasteiger partial charge in [0.2, 0.25) is 5.88 Å². The van der Waals surface area contributed by atoms with Gasteiger partial charge in [0.25, 0.3) is 0 Å². The second kappa shape index (κ2) is 9.90. The van der Waals surface area contributed by atoms with Gasteiger partial charge in [0.1, 0.15) is 17.2 Å². The lowest BCUT2D eigenvalue weighted by atomic mass is 10.2. The average molecular weight is 477 g/mol. The molecule has 2 aromatic carbocycles. The topological polar surface area (TPSA) is 67.4 Å². The van der Waals surface area contributed by atoms with E-state index < -0.39 is 0 Å². The first kappa shape index (κ1) is 23.1. The van der Waals surface area contributed by atoms with Crippen LogP contribution >= 0.6 is 0 Å². The summed E-state index contributed by atoms with van der Waals surface area (Å²) in [5, 5.41) is 0.994. The molecule has 2 aliphatic rings. The van der Waals surface area contributed by atoms with Crippen molar-refractivity contribution in [2.24, 2.45) is 5.92 Å². The molecule has 1 aliphatic carbocycles. The Hall–Kier alpha value is -3.68. The number of carbonyl (C=O) groups excluding carboxylic acids is 1. The summed E-state index contributed by atoms with van der Waals surface area (Å²) in [4.78, 5) is 24.6. The molecular weight excluding hydrogens is 444 g/mol. The van der Waals surface area contributed by atoms with Crippen LogP contribution in [0.15, 0.2) is 48.5 Å². The van der Waals surface area contributed by atoms with Crippen LogP contribution in [0.4, 0.5) is 16.2 Å². The van der Waals surface area contributed by atoms with Crippen molar-refractivity contribution in [2.75, 3.05) is 63.9 Å². The first-order valence-corrected chi connectivity index (χ1v) is 12.1. The van der Waals surface area contributed by atoms with Crippen LogP contribution in [0.5, 0.6) is 17.4 Å². The van der Waals surface area contributed by atoms with E-state index in [0.717, 1.165) is 59.7 Å². The Morgan fingerprint density at radius 3 is 2.26 bits per heavy atom. The smallest absolute Gasteiger partial charge is 0.324 e. The number of aromatic nitrogens is 1. The second-order valence-electron chi connectivity index (χ2n) is 9.09. The number of amides is 2. The summed E-state index contributed by atoms with van der Waals surface area (Å²) >= 11 is 0. The molecule has 2 fully saturated rings. The molecule has 0 bridgehead atoms. The highest BCUT2D eigenvalue weighted by Gasteiger charge is 2.33. The van der Waals surface area contributed by atoms with Crippen molar-refractivity contribution in [1.29, 1.82) is 0 Å². The first-order valence-electron chi connectivity index (χ1n) is 12.1. The third kappa shape index (κ3) is 4.92. The van der Waals surface area contributed by atoms with E-state index >= 15 is 0 Å². The molecule has 3 aromatic rings. The molecule has 0 unspecified atom stereocenters. The van der Waals surface area contributed by atoms with Gasteiger partial charge in [-0.1, -0.05) is 18.2 Å². The normalized spacial score (nSPS) is 15.7. The lowest BCUT2D eigenvalue weighted by Crippen LogP contribution is -2.53. The molecule has 0 N–H and O–H groups in total. The van der Waals surface area contributed by atoms with Crippen LogP contribution < -0.4 is 24.0 Å². The summed E-state index contributed by atoms with van der Waals surface area (Å²) in [6, 6.07) is 15.8. The summed E-state index contributed by atoms with van der Waals surface area (Å²) in [7, 11) is 4.92. The fraction of sp³-hybridized carbons (Fsp3) is 0.407. The van der Waals surface area contributed by atoms with Gasteiger partial charge in [0.15, 0.2) is 0 Å². The quantitative estimate of drug-likeness (QED) is 0.503. The number of nitrogens with zero attached hydrogens (tertiary/aromatic N) is 4. The SMILES string of the molecule is COc1cc(OC)cc(N2CCN(C(=O)N(CC3CC3)c3cc4ccccc4nc3OC)CC2)c1. The monoisotopic (exact) mass is 476 g/mol. The van der Waals surface area contributed by atoms with Crippen LogP contribution in [0.25, 0.3) is 10.9 Å². The number of fused-ring (bicyclic) bond motifs is 1. The molecule has 0 radical (unpaired) electrons. The van der Waals surface area contributed by atoms with Crippen LogP contribution in [0.1, 0.15) is 12.8 Å². The molecule has 2 amide bonds. The van der Waals surface area contributed by atoms with Crippen LogP contribution in [0.2, 0.25) is 0 Å². The third-order valence-electron chi connectivity index (χ3n) is 6.77. The number of hydrogen-bond donors (Lipinski definition) is 0. The zero-order valence-electron chi connectivity index (χ0n) is 20.6. The molecule has 1 saturated carbocycles. The molecule has 2 heterocycles. The minimum absolute atomic E-state index is 0.00940. The van der Waals surface area contributed by atoms with Gasteiger partial charge >= 0.3 is 6.03 Å². The highest BCUT2D eigenvalue weighted by molar-refractivity contribution is 5.96. The maximum absolute atomic E-state index is 13.8. The van der Waals surface area contributed by atoms with E-state index in [1.165, 1.54) is 0 Å². The van der Waals surface area contributed by atoms with Gasteiger partial charge in [-0.3, -0.25) is 4.90 Å². The van der Waals surface area contributed by atoms with Crippen LogP contribution in [0, 0.1) is 5.92 Å². The molecule has 184 valence electrons. The van der Waals surface area contributed by atoms with E-state index in [1.807, 2.05) is 58.3 Å². The highest BCUT2D eigenvalue weighted by atomic mass is 16.5. The number of para-hydroxylation sites is 1. The fourth-order valence-corrected chi connectivity index (χ4v) is 4.57. The fourth-order valence-electron chi connectivity index (χ4n) is 4.57. The van der Waals surface area contributed by atoms with E-state index in [4.69, 9.17) is 14.2 Å². The Kier molecular flexibility index (Phi) is 6.53. The largest absolute Gasteiger partial charge is 0.497 e. The zero-order valence-corrected chi connectivity index (χ0v) is 20.6. The maximum Gasteiger partial charge on any atom is 0.324 e. The third-order valence-corrected chi connectivity index (χ3v) is 6.77. The zero-order chi connectivity index (χ0) is 24.4. The summed E-state index contributed by atoms with van der Waals surface area (Å²) in [6.07, 6.45) is 2.30. The van der Waals surface area contributed by atoms with Crippen molar-refractivity contribution in [2.45, 2.75) is 12.8 Å². The average Bonchev–Trinajstić information content (AvgIpc) is 3.74. The van der Waals surface area contributed by atoms with Crippen molar-refractivity contribution in [3.63, 3.8) is 0 Å². The minimum atomic E-state index is 0.00940. The van der Waals surface area contributed by atoms with Crippen molar-refractivity contribution >= 4 is 28.3 Å². The molecule has 1 aliphatic heterocycles. The number of hydrogen-bond acceptors (Lipinski definition) is 6. The van der Waals surface area contributed by atoms with Gasteiger partial charge < -0.3 is 24.0 Å². The Morgan fingerprint density at radius 1 is 0.943 bits per heavy atom. The Labute approximate surface area is 206 Å². The summed E-state index contributed by atoms with van der Waals surface area (Å²) in [6.45, 7) is 3.40. The number of piperazine rings is 1. The number of benzene rings is 2. The Balaban J connectivity index is 1.36. The van der Waals surface area contributed by atoms with Gasteiger partial charge in [0, 0.05) is 62.0 Å². The van der Waals surface area contributed by atoms with Crippen molar-refractivity contribution in [3.05, 3.63) is 48.5 Å². The molecule has 1 aromatic heterocycles. The van der Waals surface area contributed by atoms with Crippen LogP contribution in [-0.4, -0.2) is 70.0 Å². The first-order chi connectivity index (χ1) is 17.1. The number of ether oxygens (including phenoxy) is 3. The van der Waals surface area contributed by atoms with Crippen LogP contribution in [0.3, 0.4) is 0 Å². The maximum atomic E-state index is 13.8. The molecule has 8 heteroatoms. The molecule has 5 rings (SSSR count). The van der Waals surface area contributed by atoms with Gasteiger partial charge in [-0.2, -0.15) is 0 Å². The summed E-state index contributed by atoms with van der Waals surface area (Å²) < 4.78 is 16.5. The predicted octanol–water partition coefficient (Wildman–Crippen LogP) is 4.42. The lowest BCUT2D eigenvalue weighted by Gasteiger charge is -2.39. The summed E-state index contributed by atoms with van der Waals surface area (Å²) in [5.41, 5.74) is 2.63. The number of carbonyl (C=O) groups is 1.